The van der Waals surface area contributed by atoms with Crippen LogP contribution in [0.4, 0.5) is 4.79 Å². The van der Waals surface area contributed by atoms with E-state index in [1.54, 1.807) is 29.2 Å². The summed E-state index contributed by atoms with van der Waals surface area (Å²) in [4.78, 5) is 40.4. The maximum Gasteiger partial charge on any atom is 0.294 e. The van der Waals surface area contributed by atoms with Gasteiger partial charge in [-0.3, -0.25) is 19.3 Å². The highest BCUT2D eigenvalue weighted by Gasteiger charge is 2.37. The molecule has 9 heteroatoms. The van der Waals surface area contributed by atoms with E-state index in [0.717, 1.165) is 29.5 Å². The molecule has 0 bridgehead atoms. The van der Waals surface area contributed by atoms with E-state index in [4.69, 9.17) is 9.47 Å². The predicted molar refractivity (Wildman–Crippen MR) is 119 cm³/mol. The molecule has 3 amide bonds. The Morgan fingerprint density at radius 3 is 2.67 bits per heavy atom. The summed E-state index contributed by atoms with van der Waals surface area (Å²) in [7, 11) is 0. The Hall–Kier alpha value is -2.26. The third-order valence-corrected chi connectivity index (χ3v) is 6.10. The summed E-state index contributed by atoms with van der Waals surface area (Å²) in [6.45, 7) is 7.41. The fourth-order valence-electron chi connectivity index (χ4n) is 3.21. The highest BCUT2D eigenvalue weighted by molar-refractivity contribution is 9.10. The van der Waals surface area contributed by atoms with Gasteiger partial charge in [0, 0.05) is 13.1 Å². The Kier molecular flexibility index (Phi) is 7.60. The van der Waals surface area contributed by atoms with E-state index in [-0.39, 0.29) is 17.4 Å². The number of halogens is 1. The van der Waals surface area contributed by atoms with Crippen LogP contribution in [0.25, 0.3) is 6.08 Å². The summed E-state index contributed by atoms with van der Waals surface area (Å²) in [6.07, 6.45) is 5.17. The van der Waals surface area contributed by atoms with Crippen LogP contribution in [0.2, 0.25) is 0 Å². The molecule has 2 saturated heterocycles. The van der Waals surface area contributed by atoms with Gasteiger partial charge in [0.2, 0.25) is 5.91 Å². The molecule has 30 heavy (non-hydrogen) atoms. The monoisotopic (exact) mass is 494 g/mol. The molecule has 2 heterocycles. The van der Waals surface area contributed by atoms with Gasteiger partial charge < -0.3 is 14.4 Å². The van der Waals surface area contributed by atoms with Crippen molar-refractivity contribution < 1.29 is 23.9 Å². The lowest BCUT2D eigenvalue weighted by molar-refractivity contribution is -0.135. The maximum absolute atomic E-state index is 12.7. The largest absolute Gasteiger partial charge is 0.490 e. The number of thioether (sulfide) groups is 1. The molecule has 0 atom stereocenters. The van der Waals surface area contributed by atoms with Crippen LogP contribution in [-0.2, 0) is 9.59 Å². The van der Waals surface area contributed by atoms with Crippen molar-refractivity contribution in [2.45, 2.75) is 19.8 Å². The summed E-state index contributed by atoms with van der Waals surface area (Å²) in [5.41, 5.74) is 0.674. The van der Waals surface area contributed by atoms with Crippen LogP contribution in [0.5, 0.6) is 11.5 Å². The average molecular weight is 495 g/mol. The minimum Gasteiger partial charge on any atom is -0.490 e. The van der Waals surface area contributed by atoms with Gasteiger partial charge in [-0.25, -0.2) is 0 Å². The number of benzene rings is 1. The predicted octanol–water partition coefficient (Wildman–Crippen LogP) is 4.07. The molecule has 2 fully saturated rings. The number of hydrogen-bond acceptors (Lipinski definition) is 6. The van der Waals surface area contributed by atoms with Gasteiger partial charge in [-0.15, -0.1) is 0 Å². The third kappa shape index (κ3) is 5.07. The highest BCUT2D eigenvalue weighted by atomic mass is 79.9. The Labute approximate surface area is 188 Å². The Morgan fingerprint density at radius 2 is 2.00 bits per heavy atom. The molecule has 2 aliphatic rings. The van der Waals surface area contributed by atoms with Crippen molar-refractivity contribution in [1.29, 1.82) is 0 Å². The highest BCUT2D eigenvalue weighted by Crippen LogP contribution is 2.39. The van der Waals surface area contributed by atoms with E-state index in [9.17, 15) is 14.4 Å². The van der Waals surface area contributed by atoms with E-state index in [1.807, 2.05) is 6.92 Å². The van der Waals surface area contributed by atoms with Gasteiger partial charge in [0.25, 0.3) is 11.1 Å². The molecule has 3 rings (SSSR count). The Balaban J connectivity index is 1.80. The standard InChI is InChI=1S/C21H23BrN2O5S/c1-3-9-29-19-15(22)10-14(11-16(19)28-4-2)12-17-20(26)24(21(27)30-17)13-18(25)23-7-5-6-8-23/h3,10-12H,1,4-9,13H2,2H3/b17-12-. The zero-order valence-electron chi connectivity index (χ0n) is 16.7. The minimum atomic E-state index is -0.460. The fraction of sp³-hybridized carbons (Fsp3) is 0.381. The maximum atomic E-state index is 12.7. The van der Waals surface area contributed by atoms with Gasteiger partial charge in [0.1, 0.15) is 13.2 Å². The van der Waals surface area contributed by atoms with E-state index < -0.39 is 11.1 Å². The zero-order valence-corrected chi connectivity index (χ0v) is 19.1. The second-order valence-electron chi connectivity index (χ2n) is 6.72. The van der Waals surface area contributed by atoms with Gasteiger partial charge in [-0.05, 0) is 71.2 Å². The number of likely N-dealkylation sites (tertiary alicyclic amines) is 1. The van der Waals surface area contributed by atoms with Gasteiger partial charge >= 0.3 is 0 Å². The summed E-state index contributed by atoms with van der Waals surface area (Å²) in [5, 5.41) is -0.436. The molecule has 0 saturated carbocycles. The van der Waals surface area contributed by atoms with E-state index in [1.165, 1.54) is 0 Å². The van der Waals surface area contributed by atoms with E-state index in [2.05, 4.69) is 22.5 Å². The van der Waals surface area contributed by atoms with Gasteiger partial charge in [0.15, 0.2) is 11.5 Å². The number of carbonyl (C=O) groups excluding carboxylic acids is 3. The van der Waals surface area contributed by atoms with Crippen LogP contribution in [0.15, 0.2) is 34.2 Å². The number of rotatable bonds is 8. The lowest BCUT2D eigenvalue weighted by Crippen LogP contribution is -2.40. The molecule has 0 spiro atoms. The fourth-order valence-corrected chi connectivity index (χ4v) is 4.62. The molecule has 0 N–H and O–H groups in total. The van der Waals surface area contributed by atoms with Crippen LogP contribution in [0, 0.1) is 0 Å². The van der Waals surface area contributed by atoms with Crippen LogP contribution in [-0.4, -0.2) is 59.7 Å². The van der Waals surface area contributed by atoms with Crippen molar-refractivity contribution in [2.75, 3.05) is 32.8 Å². The molecule has 0 aliphatic carbocycles. The summed E-state index contributed by atoms with van der Waals surface area (Å²) in [5.74, 6) is 0.404. The Bertz CT molecular complexity index is 896. The number of hydrogen-bond donors (Lipinski definition) is 0. The molecular formula is C21H23BrN2O5S. The second kappa shape index (κ2) is 10.2. The number of amides is 3. The topological polar surface area (TPSA) is 76.2 Å². The first-order chi connectivity index (χ1) is 14.4. The lowest BCUT2D eigenvalue weighted by atomic mass is 10.2. The number of nitrogens with zero attached hydrogens (tertiary/aromatic N) is 2. The van der Waals surface area contributed by atoms with E-state index in [0.29, 0.717) is 47.8 Å². The van der Waals surface area contributed by atoms with Crippen molar-refractivity contribution >= 4 is 50.8 Å². The second-order valence-corrected chi connectivity index (χ2v) is 8.57. The van der Waals surface area contributed by atoms with Gasteiger partial charge in [-0.1, -0.05) is 12.7 Å². The van der Waals surface area contributed by atoms with Crippen molar-refractivity contribution in [3.63, 3.8) is 0 Å². The number of ether oxygens (including phenoxy) is 2. The van der Waals surface area contributed by atoms with Crippen molar-refractivity contribution in [2.24, 2.45) is 0 Å². The molecule has 1 aromatic rings. The van der Waals surface area contributed by atoms with Gasteiger partial charge in [-0.2, -0.15) is 0 Å². The first-order valence-corrected chi connectivity index (χ1v) is 11.3. The smallest absolute Gasteiger partial charge is 0.294 e. The summed E-state index contributed by atoms with van der Waals surface area (Å²) >= 11 is 4.30. The molecule has 0 aromatic heterocycles. The van der Waals surface area contributed by atoms with Crippen LogP contribution < -0.4 is 9.47 Å². The normalized spacial score (nSPS) is 17.7. The van der Waals surface area contributed by atoms with Gasteiger partial charge in [0.05, 0.1) is 16.0 Å². The van der Waals surface area contributed by atoms with Crippen molar-refractivity contribution in [3.05, 3.63) is 39.7 Å². The molecule has 7 nitrogen and oxygen atoms in total. The minimum absolute atomic E-state index is 0.193. The number of imide groups is 1. The SMILES string of the molecule is C=CCOc1c(Br)cc(/C=C2\SC(=O)N(CC(=O)N3CCCC3)C2=O)cc1OCC. The van der Waals surface area contributed by atoms with Crippen molar-refractivity contribution in [3.8, 4) is 11.5 Å². The van der Waals surface area contributed by atoms with E-state index >= 15 is 0 Å². The van der Waals surface area contributed by atoms with Crippen LogP contribution in [0.3, 0.4) is 0 Å². The average Bonchev–Trinajstić information content (AvgIpc) is 3.33. The number of carbonyl (C=O) groups is 3. The molecule has 0 unspecified atom stereocenters. The zero-order chi connectivity index (χ0) is 21.7. The summed E-state index contributed by atoms with van der Waals surface area (Å²) < 4.78 is 12.0. The Morgan fingerprint density at radius 1 is 1.27 bits per heavy atom. The first-order valence-electron chi connectivity index (χ1n) is 9.67. The molecule has 160 valence electrons. The van der Waals surface area contributed by atoms with Crippen LogP contribution in [0.1, 0.15) is 25.3 Å². The molecule has 0 radical (unpaired) electrons. The molecule has 2 aliphatic heterocycles. The molecular weight excluding hydrogens is 472 g/mol. The summed E-state index contributed by atoms with van der Waals surface area (Å²) in [6, 6.07) is 3.53. The quantitative estimate of drug-likeness (QED) is 0.400. The van der Waals surface area contributed by atoms with Crippen LogP contribution >= 0.6 is 27.7 Å². The molecule has 1 aromatic carbocycles. The third-order valence-electron chi connectivity index (χ3n) is 4.60. The van der Waals surface area contributed by atoms with Crippen molar-refractivity contribution in [1.82, 2.24) is 9.80 Å². The first kappa shape index (κ1) is 22.4. The lowest BCUT2D eigenvalue weighted by Gasteiger charge is -2.18.